The van der Waals surface area contributed by atoms with E-state index in [0.717, 1.165) is 19.6 Å². The average molecular weight is 200 g/mol. The van der Waals surface area contributed by atoms with Crippen molar-refractivity contribution in [2.45, 2.75) is 20.8 Å². The lowest BCUT2D eigenvalue weighted by Crippen LogP contribution is -2.30. The Morgan fingerprint density at radius 1 is 1.46 bits per heavy atom. The first kappa shape index (κ1) is 12.8. The molecule has 0 heterocycles. The summed E-state index contributed by atoms with van der Waals surface area (Å²) in [6.07, 6.45) is 0. The molecule has 0 aromatic rings. The Kier molecular flexibility index (Phi) is 8.27. The lowest BCUT2D eigenvalue weighted by atomic mass is 10.2. The summed E-state index contributed by atoms with van der Waals surface area (Å²) in [5, 5.41) is 8.67. The van der Waals surface area contributed by atoms with Crippen LogP contribution in [0.25, 0.3) is 0 Å². The number of hydrogen-bond acceptors (Lipinski definition) is 3. The molecule has 0 aromatic carbocycles. The Labute approximate surface area is 86.3 Å². The highest BCUT2D eigenvalue weighted by molar-refractivity contribution is 7.99. The zero-order chi connectivity index (χ0) is 10.1. The molecule has 0 saturated heterocycles. The maximum atomic E-state index is 8.67. The van der Waals surface area contributed by atoms with Crippen LogP contribution in [0, 0.1) is 17.2 Å². The Balaban J connectivity index is 3.58. The minimum Gasteiger partial charge on any atom is -0.301 e. The molecular formula is C10H20N2S. The van der Waals surface area contributed by atoms with Crippen LogP contribution in [0.1, 0.15) is 20.8 Å². The van der Waals surface area contributed by atoms with Crippen LogP contribution in [0.2, 0.25) is 0 Å². The molecule has 0 aliphatic carbocycles. The number of hydrogen-bond donors (Lipinski definition) is 0. The molecule has 0 N–H and O–H groups in total. The highest BCUT2D eigenvalue weighted by Crippen LogP contribution is 2.02. The molecule has 0 fully saturated rings. The first-order valence-corrected chi connectivity index (χ1v) is 6.09. The van der Waals surface area contributed by atoms with Gasteiger partial charge in [0, 0.05) is 18.8 Å². The average Bonchev–Trinajstić information content (AvgIpc) is 2.16. The van der Waals surface area contributed by atoms with Gasteiger partial charge in [-0.2, -0.15) is 17.0 Å². The van der Waals surface area contributed by atoms with Crippen LogP contribution in [0.4, 0.5) is 0 Å². The highest BCUT2D eigenvalue weighted by atomic mass is 32.2. The van der Waals surface area contributed by atoms with Crippen molar-refractivity contribution in [2.75, 3.05) is 31.1 Å². The molecule has 0 aliphatic heterocycles. The van der Waals surface area contributed by atoms with Crippen LogP contribution in [-0.2, 0) is 0 Å². The van der Waals surface area contributed by atoms with Gasteiger partial charge in [0.1, 0.15) is 0 Å². The molecule has 0 spiro atoms. The van der Waals surface area contributed by atoms with Gasteiger partial charge in [0.05, 0.1) is 12.0 Å². The van der Waals surface area contributed by atoms with E-state index in [1.807, 2.05) is 18.7 Å². The fraction of sp³-hybridized carbons (Fsp3) is 0.900. The second-order valence-corrected chi connectivity index (χ2v) is 4.51. The quantitative estimate of drug-likeness (QED) is 0.590. The second kappa shape index (κ2) is 8.40. The Morgan fingerprint density at radius 3 is 2.62 bits per heavy atom. The van der Waals surface area contributed by atoms with Crippen molar-refractivity contribution in [3.8, 4) is 6.07 Å². The standard InChI is InChI=1S/C10H20N2S/c1-4-12(6-7-13-5-2)9-10(3)8-11/h10H,4-7,9H2,1-3H3. The van der Waals surface area contributed by atoms with Crippen molar-refractivity contribution < 1.29 is 0 Å². The normalized spacial score (nSPS) is 12.8. The predicted molar refractivity (Wildman–Crippen MR) is 59.9 cm³/mol. The molecule has 0 aliphatic rings. The summed E-state index contributed by atoms with van der Waals surface area (Å²) >= 11 is 1.96. The molecule has 0 rings (SSSR count). The number of thioether (sulfide) groups is 1. The van der Waals surface area contributed by atoms with Gasteiger partial charge in [-0.15, -0.1) is 0 Å². The smallest absolute Gasteiger partial charge is 0.0666 e. The molecule has 2 nitrogen and oxygen atoms in total. The van der Waals surface area contributed by atoms with Crippen molar-refractivity contribution in [3.05, 3.63) is 0 Å². The van der Waals surface area contributed by atoms with Gasteiger partial charge in [0.15, 0.2) is 0 Å². The zero-order valence-electron chi connectivity index (χ0n) is 8.92. The summed E-state index contributed by atoms with van der Waals surface area (Å²) in [6.45, 7) is 9.39. The molecule has 0 bridgehead atoms. The van der Waals surface area contributed by atoms with Crippen LogP contribution in [-0.4, -0.2) is 36.0 Å². The predicted octanol–water partition coefficient (Wildman–Crippen LogP) is 2.22. The monoisotopic (exact) mass is 200 g/mol. The first-order valence-electron chi connectivity index (χ1n) is 4.94. The zero-order valence-corrected chi connectivity index (χ0v) is 9.73. The Hall–Kier alpha value is -0.200. The Bertz CT molecular complexity index is 153. The SMILES string of the molecule is CCSCCN(CC)CC(C)C#N. The van der Waals surface area contributed by atoms with E-state index in [-0.39, 0.29) is 5.92 Å². The van der Waals surface area contributed by atoms with Gasteiger partial charge in [-0.3, -0.25) is 0 Å². The highest BCUT2D eigenvalue weighted by Gasteiger charge is 2.06. The molecule has 1 atom stereocenters. The van der Waals surface area contributed by atoms with E-state index in [9.17, 15) is 0 Å². The molecular weight excluding hydrogens is 180 g/mol. The Morgan fingerprint density at radius 2 is 2.15 bits per heavy atom. The van der Waals surface area contributed by atoms with Crippen molar-refractivity contribution >= 4 is 11.8 Å². The summed E-state index contributed by atoms with van der Waals surface area (Å²) in [5.41, 5.74) is 0. The summed E-state index contributed by atoms with van der Waals surface area (Å²) in [7, 11) is 0. The maximum Gasteiger partial charge on any atom is 0.0666 e. The fourth-order valence-electron chi connectivity index (χ4n) is 1.14. The molecule has 0 aromatic heterocycles. The summed E-state index contributed by atoms with van der Waals surface area (Å²) in [4.78, 5) is 2.34. The van der Waals surface area contributed by atoms with Gasteiger partial charge in [-0.05, 0) is 19.2 Å². The van der Waals surface area contributed by atoms with Crippen LogP contribution in [0.15, 0.2) is 0 Å². The number of nitriles is 1. The molecule has 0 saturated carbocycles. The second-order valence-electron chi connectivity index (χ2n) is 3.12. The largest absolute Gasteiger partial charge is 0.301 e. The maximum absolute atomic E-state index is 8.67. The van der Waals surface area contributed by atoms with Crippen LogP contribution < -0.4 is 0 Å². The van der Waals surface area contributed by atoms with Crippen molar-refractivity contribution in [2.24, 2.45) is 5.92 Å². The van der Waals surface area contributed by atoms with E-state index in [2.05, 4.69) is 24.8 Å². The molecule has 76 valence electrons. The van der Waals surface area contributed by atoms with E-state index in [1.165, 1.54) is 11.5 Å². The van der Waals surface area contributed by atoms with Gasteiger partial charge < -0.3 is 4.90 Å². The minimum atomic E-state index is 0.159. The lowest BCUT2D eigenvalue weighted by Gasteiger charge is -2.20. The summed E-state index contributed by atoms with van der Waals surface area (Å²) in [5.74, 6) is 2.53. The van der Waals surface area contributed by atoms with E-state index < -0.39 is 0 Å². The third-order valence-corrected chi connectivity index (χ3v) is 2.84. The van der Waals surface area contributed by atoms with Crippen LogP contribution >= 0.6 is 11.8 Å². The third kappa shape index (κ3) is 6.92. The minimum absolute atomic E-state index is 0.159. The molecule has 1 unspecified atom stereocenters. The van der Waals surface area contributed by atoms with E-state index in [0.29, 0.717) is 0 Å². The lowest BCUT2D eigenvalue weighted by molar-refractivity contribution is 0.285. The van der Waals surface area contributed by atoms with Crippen LogP contribution in [0.5, 0.6) is 0 Å². The molecule has 0 amide bonds. The van der Waals surface area contributed by atoms with Crippen molar-refractivity contribution in [1.82, 2.24) is 4.90 Å². The van der Waals surface area contributed by atoms with Gasteiger partial charge in [0.2, 0.25) is 0 Å². The first-order chi connectivity index (χ1) is 6.24. The van der Waals surface area contributed by atoms with Crippen molar-refractivity contribution in [3.63, 3.8) is 0 Å². The van der Waals surface area contributed by atoms with E-state index >= 15 is 0 Å². The van der Waals surface area contributed by atoms with Gasteiger partial charge in [-0.25, -0.2) is 0 Å². The van der Waals surface area contributed by atoms with Crippen molar-refractivity contribution in [1.29, 1.82) is 5.26 Å². The van der Waals surface area contributed by atoms with Gasteiger partial charge in [0.25, 0.3) is 0 Å². The number of rotatable bonds is 7. The topological polar surface area (TPSA) is 27.0 Å². The summed E-state index contributed by atoms with van der Waals surface area (Å²) in [6, 6.07) is 2.27. The van der Waals surface area contributed by atoms with E-state index in [4.69, 9.17) is 5.26 Å². The van der Waals surface area contributed by atoms with Crippen LogP contribution in [0.3, 0.4) is 0 Å². The molecule has 13 heavy (non-hydrogen) atoms. The molecule has 3 heteroatoms. The van der Waals surface area contributed by atoms with Gasteiger partial charge in [-0.1, -0.05) is 13.8 Å². The number of nitrogens with zero attached hydrogens (tertiary/aromatic N) is 2. The van der Waals surface area contributed by atoms with E-state index in [1.54, 1.807) is 0 Å². The third-order valence-electron chi connectivity index (χ3n) is 1.96. The summed E-state index contributed by atoms with van der Waals surface area (Å²) < 4.78 is 0. The fourth-order valence-corrected chi connectivity index (χ4v) is 1.82. The molecule has 0 radical (unpaired) electrons. The van der Waals surface area contributed by atoms with Gasteiger partial charge >= 0.3 is 0 Å².